The van der Waals surface area contributed by atoms with Gasteiger partial charge in [-0.2, -0.15) is 18.4 Å². The quantitative estimate of drug-likeness (QED) is 0.916. The lowest BCUT2D eigenvalue weighted by Crippen LogP contribution is -2.36. The molecular formula is C15H17F3N2. The first-order valence-corrected chi connectivity index (χ1v) is 6.78. The van der Waals surface area contributed by atoms with Crippen LogP contribution < -0.4 is 5.32 Å². The Kier molecular flexibility index (Phi) is 4.66. The van der Waals surface area contributed by atoms with Crippen molar-refractivity contribution < 1.29 is 13.2 Å². The van der Waals surface area contributed by atoms with Gasteiger partial charge in [0.1, 0.15) is 0 Å². The fourth-order valence-corrected chi connectivity index (χ4v) is 2.58. The summed E-state index contributed by atoms with van der Waals surface area (Å²) in [6.07, 6.45) is -2.47. The van der Waals surface area contributed by atoms with Crippen molar-refractivity contribution in [1.82, 2.24) is 5.32 Å². The van der Waals surface area contributed by atoms with E-state index in [0.717, 1.165) is 5.56 Å². The molecule has 1 aromatic rings. The normalized spacial score (nSPS) is 23.3. The van der Waals surface area contributed by atoms with Gasteiger partial charge in [-0.3, -0.25) is 0 Å². The Morgan fingerprint density at radius 2 is 1.70 bits per heavy atom. The molecule has 1 saturated carbocycles. The summed E-state index contributed by atoms with van der Waals surface area (Å²) < 4.78 is 37.6. The summed E-state index contributed by atoms with van der Waals surface area (Å²) >= 11 is 0. The summed E-state index contributed by atoms with van der Waals surface area (Å²) in [6.45, 7) is 0.632. The highest BCUT2D eigenvalue weighted by molar-refractivity contribution is 5.31. The van der Waals surface area contributed by atoms with Crippen LogP contribution in [0.25, 0.3) is 0 Å². The third kappa shape index (κ3) is 3.97. The highest BCUT2D eigenvalue weighted by Gasteiger charge is 2.41. The molecule has 0 unspecified atom stereocenters. The van der Waals surface area contributed by atoms with Crippen LogP contribution in [0.1, 0.15) is 36.8 Å². The molecule has 1 aliphatic rings. The van der Waals surface area contributed by atoms with Crippen molar-refractivity contribution in [1.29, 1.82) is 5.26 Å². The van der Waals surface area contributed by atoms with Crippen LogP contribution in [0, 0.1) is 17.2 Å². The molecule has 0 bridgehead atoms. The van der Waals surface area contributed by atoms with E-state index in [9.17, 15) is 13.2 Å². The van der Waals surface area contributed by atoms with Crippen molar-refractivity contribution in [2.24, 2.45) is 5.92 Å². The van der Waals surface area contributed by atoms with E-state index in [1.165, 1.54) is 0 Å². The van der Waals surface area contributed by atoms with E-state index in [-0.39, 0.29) is 18.9 Å². The van der Waals surface area contributed by atoms with Gasteiger partial charge in [0.2, 0.25) is 0 Å². The standard InChI is InChI=1S/C15H17F3N2/c16-15(17,18)13-5-7-14(8-6-13)20-10-12-3-1-11(9-19)2-4-12/h1-4,13-14,20H,5-8,10H2. The van der Waals surface area contributed by atoms with Crippen LogP contribution in [0.5, 0.6) is 0 Å². The minimum absolute atomic E-state index is 0.157. The highest BCUT2D eigenvalue weighted by atomic mass is 19.4. The van der Waals surface area contributed by atoms with Gasteiger partial charge in [-0.25, -0.2) is 0 Å². The Balaban J connectivity index is 1.77. The molecule has 0 radical (unpaired) electrons. The number of halogens is 3. The second-order valence-electron chi connectivity index (χ2n) is 5.28. The molecule has 20 heavy (non-hydrogen) atoms. The fourth-order valence-electron chi connectivity index (χ4n) is 2.58. The van der Waals surface area contributed by atoms with Crippen LogP contribution in [0.15, 0.2) is 24.3 Å². The van der Waals surface area contributed by atoms with E-state index >= 15 is 0 Å². The predicted molar refractivity (Wildman–Crippen MR) is 69.8 cm³/mol. The summed E-state index contributed by atoms with van der Waals surface area (Å²) in [4.78, 5) is 0. The predicted octanol–water partition coefficient (Wildman–Crippen LogP) is 3.77. The summed E-state index contributed by atoms with van der Waals surface area (Å²) in [6, 6.07) is 9.44. The van der Waals surface area contributed by atoms with Crippen LogP contribution in [0.3, 0.4) is 0 Å². The van der Waals surface area contributed by atoms with Crippen molar-refractivity contribution in [2.75, 3.05) is 0 Å². The molecule has 1 aliphatic carbocycles. The monoisotopic (exact) mass is 282 g/mol. The van der Waals surface area contributed by atoms with E-state index in [1.807, 2.05) is 12.1 Å². The third-order valence-electron chi connectivity index (χ3n) is 3.87. The van der Waals surface area contributed by atoms with Crippen molar-refractivity contribution in [3.8, 4) is 6.07 Å². The fraction of sp³-hybridized carbons (Fsp3) is 0.533. The average molecular weight is 282 g/mol. The minimum Gasteiger partial charge on any atom is -0.310 e. The third-order valence-corrected chi connectivity index (χ3v) is 3.87. The smallest absolute Gasteiger partial charge is 0.310 e. The molecule has 0 amide bonds. The van der Waals surface area contributed by atoms with Crippen LogP contribution in [0.2, 0.25) is 0 Å². The van der Waals surface area contributed by atoms with Crippen molar-refractivity contribution in [3.05, 3.63) is 35.4 Å². The van der Waals surface area contributed by atoms with Gasteiger partial charge >= 0.3 is 6.18 Å². The molecular weight excluding hydrogens is 265 g/mol. The molecule has 2 nitrogen and oxygen atoms in total. The largest absolute Gasteiger partial charge is 0.391 e. The van der Waals surface area contributed by atoms with Gasteiger partial charge in [0.15, 0.2) is 0 Å². The SMILES string of the molecule is N#Cc1ccc(CNC2CCC(C(F)(F)F)CC2)cc1. The Labute approximate surface area is 116 Å². The summed E-state index contributed by atoms with van der Waals surface area (Å²) in [5.41, 5.74) is 1.65. The lowest BCUT2D eigenvalue weighted by atomic mass is 9.85. The lowest BCUT2D eigenvalue weighted by Gasteiger charge is -2.30. The molecule has 0 aromatic heterocycles. The molecule has 1 fully saturated rings. The zero-order valence-electron chi connectivity index (χ0n) is 11.1. The zero-order chi connectivity index (χ0) is 14.6. The lowest BCUT2D eigenvalue weighted by molar-refractivity contribution is -0.182. The second kappa shape index (κ2) is 6.27. The Morgan fingerprint density at radius 1 is 1.10 bits per heavy atom. The number of hydrogen-bond acceptors (Lipinski definition) is 2. The van der Waals surface area contributed by atoms with E-state index in [1.54, 1.807) is 12.1 Å². The van der Waals surface area contributed by atoms with Crippen LogP contribution in [0.4, 0.5) is 13.2 Å². The second-order valence-corrected chi connectivity index (χ2v) is 5.28. The first-order chi connectivity index (χ1) is 9.49. The van der Waals surface area contributed by atoms with E-state index in [4.69, 9.17) is 5.26 Å². The molecule has 1 N–H and O–H groups in total. The number of benzene rings is 1. The summed E-state index contributed by atoms with van der Waals surface area (Å²) in [5, 5.41) is 12.0. The number of nitrogens with one attached hydrogen (secondary N) is 1. The topological polar surface area (TPSA) is 35.8 Å². The molecule has 1 aromatic carbocycles. The molecule has 5 heteroatoms. The average Bonchev–Trinajstić information content (AvgIpc) is 2.45. The number of rotatable bonds is 3. The van der Waals surface area contributed by atoms with Gasteiger partial charge in [-0.1, -0.05) is 12.1 Å². The Bertz CT molecular complexity index is 465. The molecule has 0 atom stereocenters. The van der Waals surface area contributed by atoms with Gasteiger partial charge < -0.3 is 5.32 Å². The van der Waals surface area contributed by atoms with Gasteiger partial charge in [0, 0.05) is 12.6 Å². The maximum Gasteiger partial charge on any atom is 0.391 e. The molecule has 2 rings (SSSR count). The number of hydrogen-bond donors (Lipinski definition) is 1. The first kappa shape index (κ1) is 14.9. The minimum atomic E-state index is -4.04. The van der Waals surface area contributed by atoms with E-state index < -0.39 is 12.1 Å². The maximum absolute atomic E-state index is 12.5. The van der Waals surface area contributed by atoms with Gasteiger partial charge in [-0.15, -0.1) is 0 Å². The van der Waals surface area contributed by atoms with Crippen LogP contribution in [-0.2, 0) is 6.54 Å². The highest BCUT2D eigenvalue weighted by Crippen LogP contribution is 2.37. The number of nitrogens with zero attached hydrogens (tertiary/aromatic N) is 1. The van der Waals surface area contributed by atoms with Gasteiger partial charge in [-0.05, 0) is 43.4 Å². The Hall–Kier alpha value is -1.54. The van der Waals surface area contributed by atoms with Gasteiger partial charge in [0.05, 0.1) is 17.6 Å². The van der Waals surface area contributed by atoms with E-state index in [0.29, 0.717) is 24.9 Å². The van der Waals surface area contributed by atoms with Crippen molar-refractivity contribution in [3.63, 3.8) is 0 Å². The first-order valence-electron chi connectivity index (χ1n) is 6.78. The molecule has 108 valence electrons. The Morgan fingerprint density at radius 3 is 2.20 bits per heavy atom. The maximum atomic E-state index is 12.5. The number of nitriles is 1. The van der Waals surface area contributed by atoms with Gasteiger partial charge in [0.25, 0.3) is 0 Å². The van der Waals surface area contributed by atoms with Crippen molar-refractivity contribution >= 4 is 0 Å². The number of alkyl halides is 3. The van der Waals surface area contributed by atoms with E-state index in [2.05, 4.69) is 11.4 Å². The molecule has 0 saturated heterocycles. The summed E-state index contributed by atoms with van der Waals surface area (Å²) in [7, 11) is 0. The molecule has 0 aliphatic heterocycles. The van der Waals surface area contributed by atoms with Crippen molar-refractivity contribution in [2.45, 2.75) is 44.4 Å². The molecule has 0 spiro atoms. The molecule has 0 heterocycles. The summed E-state index contributed by atoms with van der Waals surface area (Å²) in [5.74, 6) is -1.13. The van der Waals surface area contributed by atoms with Crippen LogP contribution >= 0.6 is 0 Å². The van der Waals surface area contributed by atoms with Crippen LogP contribution in [-0.4, -0.2) is 12.2 Å². The zero-order valence-corrected chi connectivity index (χ0v) is 11.1.